The van der Waals surface area contributed by atoms with Crippen LogP contribution in [0, 0.1) is 0 Å². The summed E-state index contributed by atoms with van der Waals surface area (Å²) in [6.45, 7) is 7.17. The molecule has 1 aromatic heterocycles. The minimum atomic E-state index is -0.789. The van der Waals surface area contributed by atoms with Crippen LogP contribution < -0.4 is 15.0 Å². The van der Waals surface area contributed by atoms with Gasteiger partial charge in [-0.3, -0.25) is 0 Å². The van der Waals surface area contributed by atoms with Gasteiger partial charge in [-0.25, -0.2) is 0 Å². The van der Waals surface area contributed by atoms with E-state index in [1.165, 1.54) is 0 Å². The van der Waals surface area contributed by atoms with Gasteiger partial charge in [0.25, 0.3) is 0 Å². The van der Waals surface area contributed by atoms with Gasteiger partial charge in [-0.1, -0.05) is 6.92 Å². The molecule has 2 unspecified atom stereocenters. The molecule has 2 heterocycles. The molecule has 0 aliphatic carbocycles. The smallest absolute Gasteiger partial charge is 0.323 e. The second-order valence-corrected chi connectivity index (χ2v) is 5.37. The first-order valence-corrected chi connectivity index (χ1v) is 7.27. The Balaban J connectivity index is 2.22. The molecule has 1 fully saturated rings. The molecule has 2 rings (SSSR count). The van der Waals surface area contributed by atoms with E-state index in [2.05, 4.69) is 20.3 Å². The van der Waals surface area contributed by atoms with Crippen LogP contribution in [0.15, 0.2) is 0 Å². The maximum atomic E-state index is 9.65. The summed E-state index contributed by atoms with van der Waals surface area (Å²) in [4.78, 5) is 14.5. The highest BCUT2D eigenvalue weighted by Crippen LogP contribution is 2.20. The van der Waals surface area contributed by atoms with Gasteiger partial charge in [-0.2, -0.15) is 15.0 Å². The second kappa shape index (κ2) is 6.86. The summed E-state index contributed by atoms with van der Waals surface area (Å²) in [5.74, 6) is 0.836. The normalized spacial score (nSPS) is 21.9. The molecule has 3 N–H and O–H groups in total. The lowest BCUT2D eigenvalue weighted by atomic mass is 10.3. The Bertz CT molecular complexity index is 461. The van der Waals surface area contributed by atoms with Crippen molar-refractivity contribution in [3.63, 3.8) is 0 Å². The molecule has 0 radical (unpaired) electrons. The lowest BCUT2D eigenvalue weighted by Crippen LogP contribution is -2.25. The summed E-state index contributed by atoms with van der Waals surface area (Å²) in [5.41, 5.74) is 0. The van der Waals surface area contributed by atoms with Crippen LogP contribution in [0.4, 0.5) is 11.9 Å². The third-order valence-electron chi connectivity index (χ3n) is 3.02. The quantitative estimate of drug-likeness (QED) is 0.675. The van der Waals surface area contributed by atoms with Crippen molar-refractivity contribution in [1.82, 2.24) is 15.0 Å². The lowest BCUT2D eigenvalue weighted by molar-refractivity contribution is 0.0572. The second-order valence-electron chi connectivity index (χ2n) is 5.37. The maximum Gasteiger partial charge on any atom is 0.323 e. The van der Waals surface area contributed by atoms with Crippen LogP contribution in [0.3, 0.4) is 0 Å². The van der Waals surface area contributed by atoms with Crippen LogP contribution >= 0.6 is 0 Å². The van der Waals surface area contributed by atoms with Crippen LogP contribution in [0.5, 0.6) is 6.01 Å². The minimum Gasteiger partial charge on any atom is -0.461 e. The Morgan fingerprint density at radius 2 is 1.90 bits per heavy atom. The third-order valence-corrected chi connectivity index (χ3v) is 3.02. The Kier molecular flexibility index (Phi) is 5.13. The molecule has 1 saturated heterocycles. The van der Waals surface area contributed by atoms with Crippen molar-refractivity contribution in [2.45, 2.75) is 45.5 Å². The number of hydrogen-bond acceptors (Lipinski definition) is 8. The highest BCUT2D eigenvalue weighted by Gasteiger charge is 2.31. The van der Waals surface area contributed by atoms with Crippen LogP contribution in [0.2, 0.25) is 0 Å². The summed E-state index contributed by atoms with van der Waals surface area (Å²) in [5, 5.41) is 22.4. The number of aliphatic hydroxyl groups is 2. The number of hydrogen-bond donors (Lipinski definition) is 3. The summed E-state index contributed by atoms with van der Waals surface area (Å²) < 4.78 is 5.53. The van der Waals surface area contributed by atoms with E-state index < -0.39 is 12.2 Å². The summed E-state index contributed by atoms with van der Waals surface area (Å²) >= 11 is 0. The average Bonchev–Trinajstić information content (AvgIpc) is 2.75. The van der Waals surface area contributed by atoms with Gasteiger partial charge >= 0.3 is 6.01 Å². The maximum absolute atomic E-state index is 9.65. The molecular weight excluding hydrogens is 274 g/mol. The first kappa shape index (κ1) is 15.7. The van der Waals surface area contributed by atoms with Crippen LogP contribution in [0.1, 0.15) is 27.2 Å². The molecule has 8 heteroatoms. The summed E-state index contributed by atoms with van der Waals surface area (Å²) in [7, 11) is 0. The fourth-order valence-electron chi connectivity index (χ4n) is 2.00. The largest absolute Gasteiger partial charge is 0.461 e. The van der Waals surface area contributed by atoms with Crippen molar-refractivity contribution in [3.8, 4) is 6.01 Å². The number of rotatable bonds is 6. The summed E-state index contributed by atoms with van der Waals surface area (Å²) in [6, 6.07) is 0.240. The first-order chi connectivity index (χ1) is 9.99. The van der Waals surface area contributed by atoms with E-state index >= 15 is 0 Å². The van der Waals surface area contributed by atoms with Gasteiger partial charge < -0.3 is 25.2 Å². The van der Waals surface area contributed by atoms with Crippen molar-refractivity contribution in [2.24, 2.45) is 0 Å². The van der Waals surface area contributed by atoms with Crippen molar-refractivity contribution in [3.05, 3.63) is 0 Å². The number of nitrogens with zero attached hydrogens (tertiary/aromatic N) is 4. The van der Waals surface area contributed by atoms with Gasteiger partial charge in [-0.15, -0.1) is 0 Å². The van der Waals surface area contributed by atoms with E-state index in [1.807, 2.05) is 20.8 Å². The fourth-order valence-corrected chi connectivity index (χ4v) is 2.00. The van der Waals surface area contributed by atoms with E-state index in [0.29, 0.717) is 25.0 Å². The zero-order valence-electron chi connectivity index (χ0n) is 12.7. The molecule has 118 valence electrons. The molecule has 0 aromatic carbocycles. The van der Waals surface area contributed by atoms with E-state index in [-0.39, 0.29) is 12.1 Å². The van der Waals surface area contributed by atoms with Gasteiger partial charge in [-0.05, 0) is 20.3 Å². The van der Waals surface area contributed by atoms with Crippen LogP contribution in [-0.2, 0) is 0 Å². The van der Waals surface area contributed by atoms with Gasteiger partial charge in [0.2, 0.25) is 11.9 Å². The molecule has 1 aliphatic rings. The highest BCUT2D eigenvalue weighted by molar-refractivity contribution is 5.40. The SMILES string of the molecule is CCCNc1nc(OC(C)C)nc(N2CC(O)C(O)C2)n1. The molecule has 2 atom stereocenters. The monoisotopic (exact) mass is 297 g/mol. The van der Waals surface area contributed by atoms with Gasteiger partial charge in [0.1, 0.15) is 0 Å². The van der Waals surface area contributed by atoms with Gasteiger partial charge in [0.15, 0.2) is 0 Å². The number of aliphatic hydroxyl groups excluding tert-OH is 2. The lowest BCUT2D eigenvalue weighted by Gasteiger charge is -2.17. The van der Waals surface area contributed by atoms with Gasteiger partial charge in [0, 0.05) is 19.6 Å². The molecular formula is C13H23N5O3. The molecule has 21 heavy (non-hydrogen) atoms. The zero-order chi connectivity index (χ0) is 15.4. The molecule has 0 amide bonds. The topological polar surface area (TPSA) is 104 Å². The standard InChI is InChI=1S/C13H23N5O3/c1-4-5-14-11-15-12(17-13(16-11)21-8(2)3)18-6-9(19)10(20)7-18/h8-10,19-20H,4-7H2,1-3H3,(H,14,15,16,17). The highest BCUT2D eigenvalue weighted by atomic mass is 16.5. The van der Waals surface area contributed by atoms with E-state index in [9.17, 15) is 10.2 Å². The molecule has 0 bridgehead atoms. The molecule has 1 aromatic rings. The van der Waals surface area contributed by atoms with Crippen LogP contribution in [-0.4, -0.2) is 63.1 Å². The first-order valence-electron chi connectivity index (χ1n) is 7.27. The summed E-state index contributed by atoms with van der Waals surface area (Å²) in [6.07, 6.45) is -0.677. The average molecular weight is 297 g/mol. The minimum absolute atomic E-state index is 0.0472. The van der Waals surface area contributed by atoms with Crippen LogP contribution in [0.25, 0.3) is 0 Å². The fraction of sp³-hybridized carbons (Fsp3) is 0.769. The molecule has 1 aliphatic heterocycles. The number of β-amino-alcohol motifs (C(OH)–C–C–N with tert-alkyl or cyclic N) is 2. The van der Waals surface area contributed by atoms with Crippen molar-refractivity contribution < 1.29 is 14.9 Å². The Labute approximate surface area is 124 Å². The predicted octanol–water partition coefficient (Wildman–Crippen LogP) is 0.0225. The molecule has 8 nitrogen and oxygen atoms in total. The number of ether oxygens (including phenoxy) is 1. The van der Waals surface area contributed by atoms with Crippen molar-refractivity contribution in [2.75, 3.05) is 29.9 Å². The molecule has 0 spiro atoms. The predicted molar refractivity (Wildman–Crippen MR) is 78.6 cm³/mol. The van der Waals surface area contributed by atoms with Crippen molar-refractivity contribution >= 4 is 11.9 Å². The van der Waals surface area contributed by atoms with E-state index in [0.717, 1.165) is 13.0 Å². The van der Waals surface area contributed by atoms with Gasteiger partial charge in [0.05, 0.1) is 18.3 Å². The number of anilines is 2. The number of aromatic nitrogens is 3. The Hall–Kier alpha value is -1.67. The Morgan fingerprint density at radius 1 is 1.24 bits per heavy atom. The third kappa shape index (κ3) is 4.15. The van der Waals surface area contributed by atoms with E-state index in [4.69, 9.17) is 4.74 Å². The Morgan fingerprint density at radius 3 is 2.48 bits per heavy atom. The molecule has 0 saturated carbocycles. The zero-order valence-corrected chi connectivity index (χ0v) is 12.7. The van der Waals surface area contributed by atoms with E-state index in [1.54, 1.807) is 4.90 Å². The number of nitrogens with one attached hydrogen (secondary N) is 1. The van der Waals surface area contributed by atoms with Crippen molar-refractivity contribution in [1.29, 1.82) is 0 Å².